The highest BCUT2D eigenvalue weighted by Gasteiger charge is 2.63. The molecule has 3 saturated heterocycles. The fourth-order valence-electron chi connectivity index (χ4n) is 5.91. The summed E-state index contributed by atoms with van der Waals surface area (Å²) in [5, 5.41) is 8.53. The third-order valence-corrected chi connectivity index (χ3v) is 7.16. The van der Waals surface area contributed by atoms with Crippen molar-refractivity contribution in [2.75, 3.05) is 22.9 Å². The zero-order chi connectivity index (χ0) is 24.8. The minimum absolute atomic E-state index is 0.0867. The molecule has 3 fully saturated rings. The molecule has 1 aromatic carbocycles. The number of rotatable bonds is 1. The SMILES string of the molecule is C[C@@H]1CN(c2noc3c(F)c4c(cc23)CC2(C(=O)NC(=O)NC2=O)[C@H]2[C@H](C)O[C@H](C)CN42)C(=O)O1. The first-order valence-corrected chi connectivity index (χ1v) is 11.3. The Morgan fingerprint density at radius 2 is 1.80 bits per heavy atom. The molecule has 2 aromatic rings. The number of hydrogen-bond acceptors (Lipinski definition) is 9. The second-order valence-corrected chi connectivity index (χ2v) is 9.52. The summed E-state index contributed by atoms with van der Waals surface area (Å²) >= 11 is 0. The lowest BCUT2D eigenvalue weighted by molar-refractivity contribution is -0.153. The first-order chi connectivity index (χ1) is 16.6. The van der Waals surface area contributed by atoms with Gasteiger partial charge in [-0.05, 0) is 32.4 Å². The van der Waals surface area contributed by atoms with Gasteiger partial charge in [-0.25, -0.2) is 14.0 Å². The van der Waals surface area contributed by atoms with Gasteiger partial charge in [-0.3, -0.25) is 25.1 Å². The van der Waals surface area contributed by atoms with Crippen molar-refractivity contribution in [3.05, 3.63) is 17.4 Å². The van der Waals surface area contributed by atoms with Gasteiger partial charge in [0.05, 0.1) is 35.9 Å². The number of hydrogen-bond donors (Lipinski definition) is 2. The van der Waals surface area contributed by atoms with Crippen LogP contribution >= 0.6 is 0 Å². The molecule has 4 atom stereocenters. The number of halogens is 1. The Bertz CT molecular complexity index is 1300. The standard InChI is InChI=1S/C22H22FN5O7/c1-8-6-27-14-11(5-22(16(27)10(3)33-8)18(29)24-20(31)25-19(22)30)4-12-15(13(14)23)35-26-17(12)28-7-9(2)34-21(28)32/h4,8-10,16H,5-7H2,1-3H3,(H2,24,25,29,30,31)/t8-,9-,10+,16-/m1/s1. The second-order valence-electron chi connectivity index (χ2n) is 9.52. The summed E-state index contributed by atoms with van der Waals surface area (Å²) < 4.78 is 32.5. The highest BCUT2D eigenvalue weighted by Crippen LogP contribution is 2.49. The molecule has 0 unspecified atom stereocenters. The first kappa shape index (κ1) is 21.8. The van der Waals surface area contributed by atoms with Gasteiger partial charge in [0.25, 0.3) is 0 Å². The van der Waals surface area contributed by atoms with Gasteiger partial charge in [0.2, 0.25) is 17.4 Å². The van der Waals surface area contributed by atoms with Crippen molar-refractivity contribution >= 4 is 46.4 Å². The van der Waals surface area contributed by atoms with Crippen LogP contribution in [0.3, 0.4) is 0 Å². The molecule has 2 N–H and O–H groups in total. The van der Waals surface area contributed by atoms with Crippen LogP contribution in [-0.2, 0) is 25.5 Å². The van der Waals surface area contributed by atoms with Crippen LogP contribution in [-0.4, -0.2) is 66.5 Å². The van der Waals surface area contributed by atoms with E-state index in [9.17, 15) is 19.2 Å². The van der Waals surface area contributed by atoms with E-state index in [0.29, 0.717) is 5.56 Å². The van der Waals surface area contributed by atoms with Crippen LogP contribution in [0.25, 0.3) is 11.0 Å². The number of carbonyl (C=O) groups is 4. The number of aromatic nitrogens is 1. The number of amides is 5. The molecule has 0 radical (unpaired) electrons. The molecule has 13 heteroatoms. The van der Waals surface area contributed by atoms with E-state index in [2.05, 4.69) is 15.8 Å². The molecular weight excluding hydrogens is 465 g/mol. The molecule has 35 heavy (non-hydrogen) atoms. The maximum atomic E-state index is 16.1. The van der Waals surface area contributed by atoms with Gasteiger partial charge < -0.3 is 18.9 Å². The van der Waals surface area contributed by atoms with Crippen LogP contribution in [0, 0.1) is 11.2 Å². The largest absolute Gasteiger partial charge is 0.444 e. The summed E-state index contributed by atoms with van der Waals surface area (Å²) in [7, 11) is 0. The van der Waals surface area contributed by atoms with E-state index in [1.807, 2.05) is 0 Å². The average molecular weight is 487 g/mol. The number of nitrogens with one attached hydrogen (secondary N) is 2. The number of morpholine rings is 1. The molecule has 0 saturated carbocycles. The Kier molecular flexibility index (Phi) is 4.44. The molecule has 6 rings (SSSR count). The quantitative estimate of drug-likeness (QED) is 0.567. The number of carbonyl (C=O) groups excluding carboxylic acids is 4. The molecule has 0 bridgehead atoms. The van der Waals surface area contributed by atoms with E-state index in [-0.39, 0.29) is 54.2 Å². The van der Waals surface area contributed by atoms with Gasteiger partial charge in [0.15, 0.2) is 17.1 Å². The summed E-state index contributed by atoms with van der Waals surface area (Å²) in [6.45, 7) is 5.63. The normalized spacial score (nSPS) is 29.7. The van der Waals surface area contributed by atoms with E-state index in [1.165, 1.54) is 4.90 Å². The number of imide groups is 2. The zero-order valence-corrected chi connectivity index (χ0v) is 19.1. The van der Waals surface area contributed by atoms with Gasteiger partial charge in [-0.2, -0.15) is 0 Å². The molecule has 5 amide bonds. The predicted molar refractivity (Wildman–Crippen MR) is 116 cm³/mol. The third-order valence-electron chi connectivity index (χ3n) is 7.16. The lowest BCUT2D eigenvalue weighted by Gasteiger charge is -2.55. The van der Waals surface area contributed by atoms with Crippen molar-refractivity contribution in [2.45, 2.75) is 51.5 Å². The third kappa shape index (κ3) is 2.84. The van der Waals surface area contributed by atoms with Gasteiger partial charge >= 0.3 is 12.1 Å². The number of nitrogens with zero attached hydrogens (tertiary/aromatic N) is 3. The van der Waals surface area contributed by atoms with E-state index < -0.39 is 47.3 Å². The van der Waals surface area contributed by atoms with Gasteiger partial charge in [0.1, 0.15) is 6.10 Å². The number of anilines is 2. The van der Waals surface area contributed by atoms with Crippen LogP contribution in [0.2, 0.25) is 0 Å². The summed E-state index contributed by atoms with van der Waals surface area (Å²) in [5.41, 5.74) is -1.38. The van der Waals surface area contributed by atoms with Gasteiger partial charge in [-0.15, -0.1) is 0 Å². The Balaban J connectivity index is 1.57. The lowest BCUT2D eigenvalue weighted by atomic mass is 9.66. The molecule has 1 aromatic heterocycles. The molecule has 5 heterocycles. The summed E-state index contributed by atoms with van der Waals surface area (Å²) in [5.74, 6) is -2.19. The number of ether oxygens (including phenoxy) is 2. The van der Waals surface area contributed by atoms with E-state index in [1.54, 1.807) is 31.7 Å². The van der Waals surface area contributed by atoms with Crippen molar-refractivity contribution in [2.24, 2.45) is 5.41 Å². The number of urea groups is 1. The average Bonchev–Trinajstić information content (AvgIpc) is 3.33. The summed E-state index contributed by atoms with van der Waals surface area (Å²) in [6.07, 6.45) is -2.19. The zero-order valence-electron chi connectivity index (χ0n) is 19.1. The van der Waals surface area contributed by atoms with E-state index >= 15 is 4.39 Å². The van der Waals surface area contributed by atoms with Crippen molar-refractivity contribution < 1.29 is 37.6 Å². The van der Waals surface area contributed by atoms with Crippen LogP contribution < -0.4 is 20.4 Å². The van der Waals surface area contributed by atoms with E-state index in [4.69, 9.17) is 14.0 Å². The van der Waals surface area contributed by atoms with Crippen molar-refractivity contribution in [3.8, 4) is 0 Å². The molecule has 4 aliphatic rings. The van der Waals surface area contributed by atoms with Crippen molar-refractivity contribution in [3.63, 3.8) is 0 Å². The first-order valence-electron chi connectivity index (χ1n) is 11.3. The molecule has 0 aliphatic carbocycles. The summed E-state index contributed by atoms with van der Waals surface area (Å²) in [6, 6.07) is -0.219. The molecule has 184 valence electrons. The number of benzene rings is 1. The van der Waals surface area contributed by atoms with Crippen LogP contribution in [0.15, 0.2) is 10.6 Å². The highest BCUT2D eigenvalue weighted by molar-refractivity contribution is 6.20. The van der Waals surface area contributed by atoms with E-state index in [0.717, 1.165) is 0 Å². The Morgan fingerprint density at radius 1 is 1.09 bits per heavy atom. The molecule has 1 spiro atoms. The Labute approximate surface area is 197 Å². The molecular formula is C22H22FN5O7. The smallest absolute Gasteiger partial charge is 0.416 e. The maximum Gasteiger partial charge on any atom is 0.416 e. The molecule has 4 aliphatic heterocycles. The van der Waals surface area contributed by atoms with Crippen molar-refractivity contribution in [1.82, 2.24) is 15.8 Å². The topological polar surface area (TPSA) is 143 Å². The fraction of sp³-hybridized carbons (Fsp3) is 0.500. The van der Waals surface area contributed by atoms with Gasteiger partial charge in [-0.1, -0.05) is 5.16 Å². The predicted octanol–water partition coefficient (Wildman–Crippen LogP) is 1.20. The minimum atomic E-state index is -1.75. The van der Waals surface area contributed by atoms with Crippen LogP contribution in [0.4, 0.5) is 25.5 Å². The minimum Gasteiger partial charge on any atom is -0.444 e. The Hall–Kier alpha value is -3.74. The van der Waals surface area contributed by atoms with Crippen LogP contribution in [0.1, 0.15) is 26.3 Å². The second kappa shape index (κ2) is 7.13. The number of cyclic esters (lactones) is 1. The van der Waals surface area contributed by atoms with Crippen molar-refractivity contribution in [1.29, 1.82) is 0 Å². The Morgan fingerprint density at radius 3 is 2.46 bits per heavy atom. The number of fused-ring (bicyclic) bond motifs is 5. The summed E-state index contributed by atoms with van der Waals surface area (Å²) in [4.78, 5) is 53.6. The maximum absolute atomic E-state index is 16.1. The fourth-order valence-corrected chi connectivity index (χ4v) is 5.91. The molecule has 12 nitrogen and oxygen atoms in total. The van der Waals surface area contributed by atoms with Gasteiger partial charge in [0, 0.05) is 13.0 Å². The lowest BCUT2D eigenvalue weighted by Crippen LogP contribution is -2.75. The highest BCUT2D eigenvalue weighted by atomic mass is 19.1. The monoisotopic (exact) mass is 487 g/mol. The number of barbiturate groups is 1. The van der Waals surface area contributed by atoms with Crippen LogP contribution in [0.5, 0.6) is 0 Å².